The van der Waals surface area contributed by atoms with E-state index in [-0.39, 0.29) is 5.78 Å². The van der Waals surface area contributed by atoms with Gasteiger partial charge in [0.1, 0.15) is 17.9 Å². The number of rotatable bonds is 9. The van der Waals surface area contributed by atoms with Crippen molar-refractivity contribution in [3.8, 4) is 17.2 Å². The molecular formula is C23H25NO5. The number of carbonyl (C=O) groups excluding carboxylic acids is 1. The van der Waals surface area contributed by atoms with Gasteiger partial charge in [-0.2, -0.15) is 0 Å². The van der Waals surface area contributed by atoms with Crippen LogP contribution in [0.1, 0.15) is 15.9 Å². The van der Waals surface area contributed by atoms with Gasteiger partial charge in [0, 0.05) is 6.54 Å². The summed E-state index contributed by atoms with van der Waals surface area (Å²) in [5.41, 5.74) is 1.71. The summed E-state index contributed by atoms with van der Waals surface area (Å²) in [6.45, 7) is 1.05. The van der Waals surface area contributed by atoms with E-state index in [0.717, 1.165) is 5.56 Å². The molecule has 0 aliphatic heterocycles. The van der Waals surface area contributed by atoms with Crippen molar-refractivity contribution in [2.24, 2.45) is 0 Å². The van der Waals surface area contributed by atoms with E-state index in [1.54, 1.807) is 12.1 Å². The number of furan rings is 1. The Hall–Kier alpha value is -3.25. The number of ether oxygens (including phenoxy) is 3. The molecule has 0 aliphatic rings. The fourth-order valence-corrected chi connectivity index (χ4v) is 3.03. The highest BCUT2D eigenvalue weighted by Gasteiger charge is 2.28. The quantitative estimate of drug-likeness (QED) is 0.398. The predicted octanol–water partition coefficient (Wildman–Crippen LogP) is 4.29. The number of hydrogen-bond acceptors (Lipinski definition) is 6. The number of benzene rings is 2. The van der Waals surface area contributed by atoms with Crippen LogP contribution in [0.3, 0.4) is 0 Å². The zero-order valence-corrected chi connectivity index (χ0v) is 17.1. The Bertz CT molecular complexity index is 1010. The van der Waals surface area contributed by atoms with Crippen LogP contribution < -0.4 is 14.2 Å². The van der Waals surface area contributed by atoms with E-state index in [1.165, 1.54) is 26.6 Å². The first-order valence-corrected chi connectivity index (χ1v) is 9.27. The van der Waals surface area contributed by atoms with Crippen LogP contribution in [0.25, 0.3) is 17.0 Å². The Morgan fingerprint density at radius 2 is 1.76 bits per heavy atom. The van der Waals surface area contributed by atoms with Crippen molar-refractivity contribution in [1.29, 1.82) is 0 Å². The molecule has 29 heavy (non-hydrogen) atoms. The molecule has 2 aromatic carbocycles. The number of methoxy groups -OCH3 is 2. The maximum atomic E-state index is 13.2. The van der Waals surface area contributed by atoms with Crippen LogP contribution in [0.2, 0.25) is 0 Å². The third kappa shape index (κ3) is 4.43. The largest absolute Gasteiger partial charge is 0.495 e. The van der Waals surface area contributed by atoms with Crippen LogP contribution >= 0.6 is 0 Å². The standard InChI is InChI=1S/C23H25NO5/c1-24(2)13-15-29-22-19(18(25)11-10-16-8-6-5-7-9-16)20(26-3)17-12-14-28-21(17)23(22)27-4/h5-12,14H,13,15H2,1-4H3/b11-10+. The Kier molecular flexibility index (Phi) is 6.57. The van der Waals surface area contributed by atoms with Gasteiger partial charge in [0.25, 0.3) is 0 Å². The summed E-state index contributed by atoms with van der Waals surface area (Å²) < 4.78 is 22.8. The summed E-state index contributed by atoms with van der Waals surface area (Å²) in [7, 11) is 6.95. The van der Waals surface area contributed by atoms with Crippen molar-refractivity contribution in [3.05, 3.63) is 59.9 Å². The van der Waals surface area contributed by atoms with Crippen molar-refractivity contribution < 1.29 is 23.4 Å². The smallest absolute Gasteiger partial charge is 0.205 e. The first-order chi connectivity index (χ1) is 14.1. The molecule has 0 saturated heterocycles. The first kappa shape index (κ1) is 20.5. The van der Waals surface area contributed by atoms with Crippen LogP contribution in [-0.4, -0.2) is 52.1 Å². The molecule has 6 heteroatoms. The van der Waals surface area contributed by atoms with Crippen molar-refractivity contribution in [3.63, 3.8) is 0 Å². The molecule has 0 spiro atoms. The molecule has 152 valence electrons. The lowest BCUT2D eigenvalue weighted by atomic mass is 10.0. The second-order valence-electron chi connectivity index (χ2n) is 6.69. The number of ketones is 1. The van der Waals surface area contributed by atoms with Crippen LogP contribution in [0.15, 0.2) is 53.2 Å². The fraction of sp³-hybridized carbons (Fsp3) is 0.261. The minimum absolute atomic E-state index is 0.244. The molecule has 1 heterocycles. The van der Waals surface area contributed by atoms with Crippen molar-refractivity contribution >= 4 is 22.8 Å². The Labute approximate surface area is 170 Å². The molecule has 6 nitrogen and oxygen atoms in total. The van der Waals surface area contributed by atoms with Crippen LogP contribution in [-0.2, 0) is 0 Å². The average Bonchev–Trinajstić information content (AvgIpc) is 3.20. The molecule has 0 aliphatic carbocycles. The van der Waals surface area contributed by atoms with E-state index in [4.69, 9.17) is 18.6 Å². The first-order valence-electron chi connectivity index (χ1n) is 9.27. The highest BCUT2D eigenvalue weighted by atomic mass is 16.5. The third-order valence-electron chi connectivity index (χ3n) is 4.44. The number of nitrogens with zero attached hydrogens (tertiary/aromatic N) is 1. The van der Waals surface area contributed by atoms with E-state index in [9.17, 15) is 4.79 Å². The lowest BCUT2D eigenvalue weighted by Crippen LogP contribution is -2.20. The van der Waals surface area contributed by atoms with Crippen molar-refractivity contribution in [2.45, 2.75) is 0 Å². The van der Waals surface area contributed by atoms with Gasteiger partial charge in [-0.1, -0.05) is 36.4 Å². The molecule has 0 N–H and O–H groups in total. The lowest BCUT2D eigenvalue weighted by molar-refractivity contribution is 0.104. The van der Waals surface area contributed by atoms with Gasteiger partial charge in [0.2, 0.25) is 5.75 Å². The van der Waals surface area contributed by atoms with E-state index >= 15 is 0 Å². The van der Waals surface area contributed by atoms with Crippen LogP contribution in [0.4, 0.5) is 0 Å². The summed E-state index contributed by atoms with van der Waals surface area (Å²) in [4.78, 5) is 15.2. The van der Waals surface area contributed by atoms with E-state index in [0.29, 0.717) is 46.9 Å². The normalized spacial score (nSPS) is 11.3. The number of carbonyl (C=O) groups is 1. The van der Waals surface area contributed by atoms with Gasteiger partial charge in [-0.15, -0.1) is 0 Å². The zero-order valence-electron chi connectivity index (χ0n) is 17.1. The minimum atomic E-state index is -0.244. The Morgan fingerprint density at radius 1 is 1.03 bits per heavy atom. The van der Waals surface area contributed by atoms with E-state index < -0.39 is 0 Å². The number of allylic oxidation sites excluding steroid dienone is 1. The van der Waals surface area contributed by atoms with E-state index in [2.05, 4.69) is 0 Å². The van der Waals surface area contributed by atoms with Gasteiger partial charge in [0.15, 0.2) is 17.1 Å². The van der Waals surface area contributed by atoms with Gasteiger partial charge < -0.3 is 23.5 Å². The van der Waals surface area contributed by atoms with Gasteiger partial charge in [-0.3, -0.25) is 4.79 Å². The van der Waals surface area contributed by atoms with Gasteiger partial charge >= 0.3 is 0 Å². The highest BCUT2D eigenvalue weighted by molar-refractivity contribution is 6.15. The van der Waals surface area contributed by atoms with E-state index in [1.807, 2.05) is 49.3 Å². The van der Waals surface area contributed by atoms with Crippen molar-refractivity contribution in [2.75, 3.05) is 41.5 Å². The third-order valence-corrected chi connectivity index (χ3v) is 4.44. The molecule has 0 fully saturated rings. The number of likely N-dealkylation sites (N-methyl/N-ethyl adjacent to an activating group) is 1. The van der Waals surface area contributed by atoms with Crippen molar-refractivity contribution in [1.82, 2.24) is 4.90 Å². The molecule has 0 unspecified atom stereocenters. The lowest BCUT2D eigenvalue weighted by Gasteiger charge is -2.18. The fourth-order valence-electron chi connectivity index (χ4n) is 3.03. The SMILES string of the molecule is COc1c(C(=O)/C=C/c2ccccc2)c(OCCN(C)C)c(OC)c2occc12. The zero-order chi connectivity index (χ0) is 20.8. The molecule has 1 aromatic heterocycles. The molecule has 0 amide bonds. The summed E-state index contributed by atoms with van der Waals surface area (Å²) in [6, 6.07) is 11.4. The maximum Gasteiger partial charge on any atom is 0.205 e. The second kappa shape index (κ2) is 9.30. The summed E-state index contributed by atoms with van der Waals surface area (Å²) in [5.74, 6) is 0.849. The minimum Gasteiger partial charge on any atom is -0.495 e. The van der Waals surface area contributed by atoms with Crippen LogP contribution in [0.5, 0.6) is 17.2 Å². The topological polar surface area (TPSA) is 61.1 Å². The van der Waals surface area contributed by atoms with Gasteiger partial charge in [0.05, 0.1) is 25.9 Å². The maximum absolute atomic E-state index is 13.2. The Balaban J connectivity index is 2.11. The predicted molar refractivity (Wildman–Crippen MR) is 113 cm³/mol. The molecule has 0 radical (unpaired) electrons. The molecule has 3 aromatic rings. The molecule has 0 saturated carbocycles. The molecular weight excluding hydrogens is 370 g/mol. The number of fused-ring (bicyclic) bond motifs is 1. The second-order valence-corrected chi connectivity index (χ2v) is 6.69. The van der Waals surface area contributed by atoms with Gasteiger partial charge in [-0.05, 0) is 31.8 Å². The molecule has 0 atom stereocenters. The Morgan fingerprint density at radius 3 is 2.41 bits per heavy atom. The van der Waals surface area contributed by atoms with Crippen LogP contribution in [0, 0.1) is 0 Å². The molecule has 3 rings (SSSR count). The average molecular weight is 395 g/mol. The van der Waals surface area contributed by atoms with Gasteiger partial charge in [-0.25, -0.2) is 0 Å². The summed E-state index contributed by atoms with van der Waals surface area (Å²) >= 11 is 0. The highest BCUT2D eigenvalue weighted by Crippen LogP contribution is 2.46. The summed E-state index contributed by atoms with van der Waals surface area (Å²) in [5, 5.41) is 0.653. The monoisotopic (exact) mass is 395 g/mol. The molecule has 0 bridgehead atoms. The number of hydrogen-bond donors (Lipinski definition) is 0. The summed E-state index contributed by atoms with van der Waals surface area (Å²) in [6.07, 6.45) is 4.81.